The van der Waals surface area contributed by atoms with Crippen molar-refractivity contribution in [2.75, 3.05) is 11.9 Å². The summed E-state index contributed by atoms with van der Waals surface area (Å²) in [5.41, 5.74) is 0.0856. The lowest BCUT2D eigenvalue weighted by Gasteiger charge is -2.09. The van der Waals surface area contributed by atoms with Gasteiger partial charge in [0.2, 0.25) is 0 Å². The SMILES string of the molecule is N#Cc1c(NC(=O)COC(=O)c2cccc(C(F)(F)F)c2)sc2c1CCC2. The quantitative estimate of drug-likeness (QED) is 0.797. The van der Waals surface area contributed by atoms with E-state index in [4.69, 9.17) is 4.74 Å². The first-order valence-corrected chi connectivity index (χ1v) is 8.80. The molecule has 0 bridgehead atoms. The molecular weight excluding hydrogens is 381 g/mol. The van der Waals surface area contributed by atoms with E-state index in [0.29, 0.717) is 16.6 Å². The largest absolute Gasteiger partial charge is 0.452 e. The molecule has 1 amide bonds. The molecule has 0 aliphatic heterocycles. The average Bonchev–Trinajstić information content (AvgIpc) is 3.19. The number of halogens is 3. The molecule has 0 unspecified atom stereocenters. The highest BCUT2D eigenvalue weighted by molar-refractivity contribution is 7.16. The third-order valence-corrected chi connectivity index (χ3v) is 5.25. The number of thiophene rings is 1. The fourth-order valence-corrected chi connectivity index (χ4v) is 4.07. The summed E-state index contributed by atoms with van der Waals surface area (Å²) in [5, 5.41) is 12.2. The summed E-state index contributed by atoms with van der Waals surface area (Å²) in [4.78, 5) is 25.0. The van der Waals surface area contributed by atoms with E-state index in [-0.39, 0.29) is 5.56 Å². The molecule has 1 heterocycles. The van der Waals surface area contributed by atoms with Gasteiger partial charge in [-0.05, 0) is 43.0 Å². The standard InChI is InChI=1S/C18H13F3N2O3S/c19-18(20,21)11-4-1-3-10(7-11)17(25)26-9-15(24)23-16-13(8-22)12-5-2-6-14(12)27-16/h1,3-4,7H,2,5-6,9H2,(H,23,24). The van der Waals surface area contributed by atoms with Crippen molar-refractivity contribution in [3.63, 3.8) is 0 Å². The van der Waals surface area contributed by atoms with Crippen LogP contribution in [0.15, 0.2) is 24.3 Å². The van der Waals surface area contributed by atoms with Crippen LogP contribution in [0, 0.1) is 11.3 Å². The number of carbonyl (C=O) groups is 2. The monoisotopic (exact) mass is 394 g/mol. The molecule has 1 aromatic carbocycles. The van der Waals surface area contributed by atoms with Crippen molar-refractivity contribution in [1.82, 2.24) is 0 Å². The van der Waals surface area contributed by atoms with Gasteiger partial charge in [0, 0.05) is 4.88 Å². The minimum Gasteiger partial charge on any atom is -0.452 e. The second-order valence-corrected chi connectivity index (χ2v) is 6.98. The minimum atomic E-state index is -4.58. The molecule has 0 saturated heterocycles. The van der Waals surface area contributed by atoms with E-state index in [1.54, 1.807) is 0 Å². The van der Waals surface area contributed by atoms with Gasteiger partial charge in [0.05, 0.1) is 16.7 Å². The lowest BCUT2D eigenvalue weighted by molar-refractivity contribution is -0.137. The van der Waals surface area contributed by atoms with E-state index in [1.165, 1.54) is 17.4 Å². The molecule has 2 aromatic rings. The van der Waals surface area contributed by atoms with Gasteiger partial charge < -0.3 is 10.1 Å². The number of fused-ring (bicyclic) bond motifs is 1. The van der Waals surface area contributed by atoms with Gasteiger partial charge in [0.1, 0.15) is 11.1 Å². The second-order valence-electron chi connectivity index (χ2n) is 5.88. The van der Waals surface area contributed by atoms with Gasteiger partial charge in [-0.25, -0.2) is 4.79 Å². The number of rotatable bonds is 4. The predicted octanol–water partition coefficient (Wildman–Crippen LogP) is 3.92. The van der Waals surface area contributed by atoms with E-state index in [1.807, 2.05) is 0 Å². The summed E-state index contributed by atoms with van der Waals surface area (Å²) in [6, 6.07) is 5.84. The van der Waals surface area contributed by atoms with E-state index < -0.39 is 30.2 Å². The van der Waals surface area contributed by atoms with Gasteiger partial charge in [-0.15, -0.1) is 11.3 Å². The smallest absolute Gasteiger partial charge is 0.416 e. The molecule has 1 aliphatic rings. The number of nitriles is 1. The zero-order chi connectivity index (χ0) is 19.6. The van der Waals surface area contributed by atoms with E-state index in [9.17, 15) is 28.0 Å². The molecule has 0 spiro atoms. The number of nitrogens with one attached hydrogen (secondary N) is 1. The van der Waals surface area contributed by atoms with Crippen molar-refractivity contribution in [2.45, 2.75) is 25.4 Å². The highest BCUT2D eigenvalue weighted by Gasteiger charge is 2.31. The molecule has 0 atom stereocenters. The van der Waals surface area contributed by atoms with E-state index in [2.05, 4.69) is 11.4 Å². The number of amides is 1. The number of aryl methyl sites for hydroxylation is 1. The third kappa shape index (κ3) is 4.11. The average molecular weight is 394 g/mol. The Morgan fingerprint density at radius 1 is 1.30 bits per heavy atom. The zero-order valence-corrected chi connectivity index (χ0v) is 14.7. The molecule has 1 aromatic heterocycles. The second kappa shape index (κ2) is 7.40. The van der Waals surface area contributed by atoms with Gasteiger partial charge in [0.15, 0.2) is 6.61 Å². The third-order valence-electron chi connectivity index (χ3n) is 4.05. The van der Waals surface area contributed by atoms with Crippen molar-refractivity contribution in [3.8, 4) is 6.07 Å². The Morgan fingerprint density at radius 3 is 2.78 bits per heavy atom. The highest BCUT2D eigenvalue weighted by atomic mass is 32.1. The Labute approximate surface area is 156 Å². The van der Waals surface area contributed by atoms with Gasteiger partial charge >= 0.3 is 12.1 Å². The molecular formula is C18H13F3N2O3S. The van der Waals surface area contributed by atoms with Gasteiger partial charge in [0.25, 0.3) is 5.91 Å². The van der Waals surface area contributed by atoms with Crippen LogP contribution in [0.2, 0.25) is 0 Å². The number of hydrogen-bond acceptors (Lipinski definition) is 5. The molecule has 1 N–H and O–H groups in total. The van der Waals surface area contributed by atoms with Gasteiger partial charge in [-0.2, -0.15) is 18.4 Å². The van der Waals surface area contributed by atoms with E-state index >= 15 is 0 Å². The fourth-order valence-electron chi connectivity index (χ4n) is 2.81. The van der Waals surface area contributed by atoms with Crippen LogP contribution in [0.3, 0.4) is 0 Å². The number of carbonyl (C=O) groups excluding carboxylic acids is 2. The molecule has 5 nitrogen and oxygen atoms in total. The Hall–Kier alpha value is -2.86. The molecule has 27 heavy (non-hydrogen) atoms. The number of ether oxygens (including phenoxy) is 1. The molecule has 0 radical (unpaired) electrons. The molecule has 3 rings (SSSR count). The number of anilines is 1. The number of benzene rings is 1. The molecule has 140 valence electrons. The Bertz CT molecular complexity index is 944. The summed E-state index contributed by atoms with van der Waals surface area (Å²) in [5.74, 6) is -1.70. The van der Waals surface area contributed by atoms with Crippen LogP contribution in [0.25, 0.3) is 0 Å². The molecule has 0 fully saturated rings. The predicted molar refractivity (Wildman–Crippen MR) is 91.4 cm³/mol. The normalized spacial score (nSPS) is 13.0. The maximum Gasteiger partial charge on any atom is 0.416 e. The van der Waals surface area contributed by atoms with Crippen LogP contribution >= 0.6 is 11.3 Å². The van der Waals surface area contributed by atoms with Crippen LogP contribution in [0.1, 0.15) is 38.3 Å². The van der Waals surface area contributed by atoms with Gasteiger partial charge in [-0.1, -0.05) is 6.07 Å². The number of esters is 1. The lowest BCUT2D eigenvalue weighted by Crippen LogP contribution is -2.21. The van der Waals surface area contributed by atoms with Crippen LogP contribution in [0.4, 0.5) is 18.2 Å². The van der Waals surface area contributed by atoms with Crippen molar-refractivity contribution in [2.24, 2.45) is 0 Å². The summed E-state index contributed by atoms with van der Waals surface area (Å²) in [6.07, 6.45) is -1.97. The Balaban J connectivity index is 1.62. The maximum absolute atomic E-state index is 12.7. The first-order chi connectivity index (χ1) is 12.8. The van der Waals surface area contributed by atoms with Crippen LogP contribution in [0.5, 0.6) is 0 Å². The fraction of sp³-hybridized carbons (Fsp3) is 0.278. The zero-order valence-electron chi connectivity index (χ0n) is 13.9. The van der Waals surface area contributed by atoms with Crippen molar-refractivity contribution < 1.29 is 27.5 Å². The number of hydrogen-bond donors (Lipinski definition) is 1. The first-order valence-electron chi connectivity index (χ1n) is 7.98. The highest BCUT2D eigenvalue weighted by Crippen LogP contribution is 2.38. The summed E-state index contributed by atoms with van der Waals surface area (Å²) < 4.78 is 42.8. The summed E-state index contributed by atoms with van der Waals surface area (Å²) in [6.45, 7) is -0.664. The van der Waals surface area contributed by atoms with Crippen molar-refractivity contribution in [3.05, 3.63) is 51.4 Å². The Morgan fingerprint density at radius 2 is 2.07 bits per heavy atom. The topological polar surface area (TPSA) is 79.2 Å². The van der Waals surface area contributed by atoms with Crippen LogP contribution in [-0.2, 0) is 28.5 Å². The first kappa shape index (κ1) is 18.9. The van der Waals surface area contributed by atoms with E-state index in [0.717, 1.165) is 41.8 Å². The molecule has 9 heteroatoms. The molecule has 0 saturated carbocycles. The summed E-state index contributed by atoms with van der Waals surface area (Å²) in [7, 11) is 0. The van der Waals surface area contributed by atoms with Crippen LogP contribution < -0.4 is 5.32 Å². The minimum absolute atomic E-state index is 0.301. The van der Waals surface area contributed by atoms with Crippen LogP contribution in [-0.4, -0.2) is 18.5 Å². The van der Waals surface area contributed by atoms with Crippen molar-refractivity contribution >= 4 is 28.2 Å². The lowest BCUT2D eigenvalue weighted by atomic mass is 10.1. The Kier molecular flexibility index (Phi) is 5.19. The summed E-state index contributed by atoms with van der Waals surface area (Å²) >= 11 is 1.32. The van der Waals surface area contributed by atoms with Gasteiger partial charge in [-0.3, -0.25) is 4.79 Å². The number of alkyl halides is 3. The maximum atomic E-state index is 12.7. The number of nitrogens with zero attached hydrogens (tertiary/aromatic N) is 1. The molecule has 1 aliphatic carbocycles. The van der Waals surface area contributed by atoms with Crippen molar-refractivity contribution in [1.29, 1.82) is 5.26 Å².